The first kappa shape index (κ1) is 17.6. The van der Waals surface area contributed by atoms with Gasteiger partial charge in [-0.05, 0) is 45.1 Å². The van der Waals surface area contributed by atoms with Gasteiger partial charge in [0.1, 0.15) is 0 Å². The van der Waals surface area contributed by atoms with E-state index in [0.29, 0.717) is 12.5 Å². The van der Waals surface area contributed by atoms with E-state index in [4.69, 9.17) is 4.74 Å². The monoisotopic (exact) mass is 342 g/mol. The minimum Gasteiger partial charge on any atom is -0.477 e. The van der Waals surface area contributed by atoms with Crippen LogP contribution in [0.15, 0.2) is 47.3 Å². The summed E-state index contributed by atoms with van der Waals surface area (Å²) < 4.78 is 7.13. The normalized spacial score (nSPS) is 16.5. The van der Waals surface area contributed by atoms with Crippen molar-refractivity contribution in [3.63, 3.8) is 0 Å². The number of nitrogens with zero attached hydrogens (tertiary/aromatic N) is 4. The second-order valence-corrected chi connectivity index (χ2v) is 6.46. The molecular formula is C19H26N4O2. The Morgan fingerprint density at radius 2 is 1.88 bits per heavy atom. The molecule has 1 aromatic carbocycles. The number of para-hydroxylation sites is 1. The second-order valence-electron chi connectivity index (χ2n) is 6.46. The SMILES string of the molecule is CN1CCCN(CCCOc2ccc(=O)n(-c3ccccc3)n2)CC1. The Labute approximate surface area is 148 Å². The number of ether oxygens (including phenoxy) is 1. The zero-order valence-electron chi connectivity index (χ0n) is 14.8. The summed E-state index contributed by atoms with van der Waals surface area (Å²) in [7, 11) is 2.18. The van der Waals surface area contributed by atoms with Gasteiger partial charge < -0.3 is 14.5 Å². The lowest BCUT2D eigenvalue weighted by atomic mass is 10.3. The zero-order valence-corrected chi connectivity index (χ0v) is 14.8. The van der Waals surface area contributed by atoms with E-state index in [2.05, 4.69) is 21.9 Å². The molecule has 0 amide bonds. The molecular weight excluding hydrogens is 316 g/mol. The van der Waals surface area contributed by atoms with Crippen LogP contribution in [0.2, 0.25) is 0 Å². The lowest BCUT2D eigenvalue weighted by molar-refractivity contribution is 0.232. The summed E-state index contributed by atoms with van der Waals surface area (Å²) in [6, 6.07) is 12.5. The molecule has 6 heteroatoms. The van der Waals surface area contributed by atoms with Gasteiger partial charge in [0.2, 0.25) is 5.88 Å². The molecule has 0 atom stereocenters. The highest BCUT2D eigenvalue weighted by molar-refractivity contribution is 5.30. The number of rotatable bonds is 6. The van der Waals surface area contributed by atoms with E-state index in [-0.39, 0.29) is 5.56 Å². The first-order valence-electron chi connectivity index (χ1n) is 8.92. The number of benzene rings is 1. The van der Waals surface area contributed by atoms with E-state index >= 15 is 0 Å². The Kier molecular flexibility index (Phi) is 6.19. The van der Waals surface area contributed by atoms with Gasteiger partial charge in [0.15, 0.2) is 0 Å². The molecule has 0 saturated carbocycles. The third kappa shape index (κ3) is 5.14. The summed E-state index contributed by atoms with van der Waals surface area (Å²) in [5, 5.41) is 4.31. The van der Waals surface area contributed by atoms with Crippen LogP contribution in [0.5, 0.6) is 5.88 Å². The second kappa shape index (κ2) is 8.78. The van der Waals surface area contributed by atoms with Crippen molar-refractivity contribution >= 4 is 0 Å². The minimum absolute atomic E-state index is 0.160. The van der Waals surface area contributed by atoms with Crippen LogP contribution in [-0.4, -0.2) is 66.0 Å². The number of hydrogen-bond acceptors (Lipinski definition) is 5. The van der Waals surface area contributed by atoms with Crippen LogP contribution in [0.4, 0.5) is 0 Å². The third-order valence-electron chi connectivity index (χ3n) is 4.46. The van der Waals surface area contributed by atoms with Crippen molar-refractivity contribution in [1.29, 1.82) is 0 Å². The van der Waals surface area contributed by atoms with Crippen LogP contribution < -0.4 is 10.3 Å². The highest BCUT2D eigenvalue weighted by Crippen LogP contribution is 2.08. The zero-order chi connectivity index (χ0) is 17.5. The first-order valence-corrected chi connectivity index (χ1v) is 8.92. The standard InChI is InChI=1S/C19H26N4O2/c1-21-11-5-12-22(15-14-21)13-6-16-25-18-9-10-19(24)23(20-18)17-7-3-2-4-8-17/h2-4,7-10H,5-6,11-16H2,1H3. The first-order chi connectivity index (χ1) is 12.2. The average Bonchev–Trinajstić information content (AvgIpc) is 2.85. The molecule has 134 valence electrons. The summed E-state index contributed by atoms with van der Waals surface area (Å²) in [5.74, 6) is 0.485. The summed E-state index contributed by atoms with van der Waals surface area (Å²) in [4.78, 5) is 16.9. The van der Waals surface area contributed by atoms with Gasteiger partial charge in [-0.25, -0.2) is 0 Å². The minimum atomic E-state index is -0.160. The Morgan fingerprint density at radius 3 is 2.72 bits per heavy atom. The van der Waals surface area contributed by atoms with E-state index in [9.17, 15) is 4.79 Å². The fraction of sp³-hybridized carbons (Fsp3) is 0.474. The Morgan fingerprint density at radius 1 is 1.04 bits per heavy atom. The third-order valence-corrected chi connectivity index (χ3v) is 4.46. The fourth-order valence-corrected chi connectivity index (χ4v) is 3.01. The molecule has 6 nitrogen and oxygen atoms in total. The van der Waals surface area contributed by atoms with E-state index in [0.717, 1.165) is 38.3 Å². The molecule has 0 aliphatic carbocycles. The molecule has 1 aromatic heterocycles. The molecule has 1 aliphatic heterocycles. The highest BCUT2D eigenvalue weighted by Gasteiger charge is 2.11. The summed E-state index contributed by atoms with van der Waals surface area (Å²) in [5.41, 5.74) is 0.582. The lowest BCUT2D eigenvalue weighted by Crippen LogP contribution is -2.30. The predicted molar refractivity (Wildman–Crippen MR) is 98.5 cm³/mol. The Balaban J connectivity index is 1.51. The maximum Gasteiger partial charge on any atom is 0.271 e. The molecule has 1 aliphatic rings. The summed E-state index contributed by atoms with van der Waals surface area (Å²) >= 11 is 0. The van der Waals surface area contributed by atoms with Crippen molar-refractivity contribution in [3.05, 3.63) is 52.8 Å². The van der Waals surface area contributed by atoms with Crippen molar-refractivity contribution in [3.8, 4) is 11.6 Å². The molecule has 25 heavy (non-hydrogen) atoms. The van der Waals surface area contributed by atoms with Crippen molar-refractivity contribution < 1.29 is 4.74 Å². The van der Waals surface area contributed by atoms with Gasteiger partial charge in [0.05, 0.1) is 12.3 Å². The quantitative estimate of drug-likeness (QED) is 0.747. The van der Waals surface area contributed by atoms with Crippen molar-refractivity contribution in [1.82, 2.24) is 19.6 Å². The molecule has 0 unspecified atom stereocenters. The fourth-order valence-electron chi connectivity index (χ4n) is 3.01. The molecule has 3 rings (SSSR count). The van der Waals surface area contributed by atoms with Crippen LogP contribution in [0.3, 0.4) is 0 Å². The largest absolute Gasteiger partial charge is 0.477 e. The van der Waals surface area contributed by atoms with E-state index < -0.39 is 0 Å². The molecule has 0 bridgehead atoms. The lowest BCUT2D eigenvalue weighted by Gasteiger charge is -2.19. The highest BCUT2D eigenvalue weighted by atomic mass is 16.5. The van der Waals surface area contributed by atoms with Crippen molar-refractivity contribution in [2.75, 3.05) is 46.4 Å². The van der Waals surface area contributed by atoms with Gasteiger partial charge in [-0.1, -0.05) is 18.2 Å². The molecule has 2 heterocycles. The topological polar surface area (TPSA) is 50.6 Å². The number of aromatic nitrogens is 2. The average molecular weight is 342 g/mol. The molecule has 0 N–H and O–H groups in total. The van der Waals surface area contributed by atoms with Crippen LogP contribution in [0.25, 0.3) is 5.69 Å². The smallest absolute Gasteiger partial charge is 0.271 e. The van der Waals surface area contributed by atoms with E-state index in [1.54, 1.807) is 6.07 Å². The van der Waals surface area contributed by atoms with Gasteiger partial charge in [0, 0.05) is 31.8 Å². The van der Waals surface area contributed by atoms with Crippen molar-refractivity contribution in [2.45, 2.75) is 12.8 Å². The van der Waals surface area contributed by atoms with Gasteiger partial charge in [0.25, 0.3) is 5.56 Å². The maximum atomic E-state index is 12.0. The van der Waals surface area contributed by atoms with Gasteiger partial charge in [-0.3, -0.25) is 4.79 Å². The maximum absolute atomic E-state index is 12.0. The van der Waals surface area contributed by atoms with Gasteiger partial charge in [-0.15, -0.1) is 5.10 Å². The molecule has 0 radical (unpaired) electrons. The molecule has 1 saturated heterocycles. The number of likely N-dealkylation sites (N-methyl/N-ethyl adjacent to an activating group) is 1. The van der Waals surface area contributed by atoms with E-state index in [1.807, 2.05) is 30.3 Å². The molecule has 0 spiro atoms. The van der Waals surface area contributed by atoms with E-state index in [1.165, 1.54) is 23.7 Å². The Hall–Kier alpha value is -2.18. The molecule has 1 fully saturated rings. The summed E-state index contributed by atoms with van der Waals surface area (Å²) in [6.07, 6.45) is 2.18. The summed E-state index contributed by atoms with van der Waals surface area (Å²) in [6.45, 7) is 6.22. The number of hydrogen-bond donors (Lipinski definition) is 0. The predicted octanol–water partition coefficient (Wildman–Crippen LogP) is 1.64. The van der Waals surface area contributed by atoms with Crippen molar-refractivity contribution in [2.24, 2.45) is 0 Å². The van der Waals surface area contributed by atoms with Crippen LogP contribution >= 0.6 is 0 Å². The van der Waals surface area contributed by atoms with Gasteiger partial charge >= 0.3 is 0 Å². The van der Waals surface area contributed by atoms with Crippen LogP contribution in [0, 0.1) is 0 Å². The Bertz CT molecular complexity index is 717. The van der Waals surface area contributed by atoms with Crippen LogP contribution in [-0.2, 0) is 0 Å². The van der Waals surface area contributed by atoms with Crippen LogP contribution in [0.1, 0.15) is 12.8 Å². The molecule has 2 aromatic rings. The van der Waals surface area contributed by atoms with Gasteiger partial charge in [-0.2, -0.15) is 4.68 Å².